The van der Waals surface area contributed by atoms with E-state index in [1.54, 1.807) is 0 Å². The second-order valence-electron chi connectivity index (χ2n) is 4.02. The number of carboxylic acids is 1. The minimum atomic E-state index is -1.63. The Morgan fingerprint density at radius 1 is 0.952 bits per heavy atom. The van der Waals surface area contributed by atoms with Crippen molar-refractivity contribution in [3.63, 3.8) is 0 Å². The van der Waals surface area contributed by atoms with Gasteiger partial charge in [0.05, 0.1) is 17.7 Å². The first-order valence-electron chi connectivity index (χ1n) is 5.31. The van der Waals surface area contributed by atoms with Gasteiger partial charge in [0.25, 0.3) is 11.8 Å². The molecule has 1 heterocycles. The van der Waals surface area contributed by atoms with Crippen LogP contribution in [-0.2, 0) is 4.79 Å². The van der Waals surface area contributed by atoms with Gasteiger partial charge in [-0.3, -0.25) is 14.5 Å². The van der Waals surface area contributed by atoms with Crippen molar-refractivity contribution in [1.29, 1.82) is 0 Å². The zero-order chi connectivity index (χ0) is 16.1. The van der Waals surface area contributed by atoms with Gasteiger partial charge in [0.15, 0.2) is 6.04 Å². The lowest BCUT2D eigenvalue weighted by atomic mass is 10.1. The average molecular weight is 551 g/mol. The largest absolute Gasteiger partial charge is 0.480 e. The van der Waals surface area contributed by atoms with Crippen molar-refractivity contribution in [1.82, 2.24) is 4.90 Å². The highest BCUT2D eigenvalue weighted by Gasteiger charge is 2.46. The lowest BCUT2D eigenvalue weighted by molar-refractivity contribution is -0.142. The molecule has 0 aliphatic carbocycles. The number of aliphatic hydroxyl groups excluding tert-OH is 1. The quantitative estimate of drug-likeness (QED) is 0.343. The van der Waals surface area contributed by atoms with Crippen LogP contribution in [0.5, 0.6) is 0 Å². The minimum Gasteiger partial charge on any atom is -0.480 e. The van der Waals surface area contributed by atoms with E-state index in [-0.39, 0.29) is 11.1 Å². The van der Waals surface area contributed by atoms with Gasteiger partial charge in [0, 0.05) is 17.9 Å². The lowest BCUT2D eigenvalue weighted by Gasteiger charge is -2.20. The first-order valence-corrected chi connectivity index (χ1v) is 8.48. The van der Waals surface area contributed by atoms with Crippen LogP contribution in [-0.4, -0.2) is 45.5 Å². The van der Waals surface area contributed by atoms with Crippen molar-refractivity contribution in [2.24, 2.45) is 0 Å². The standard InChI is InChI=1S/C11H5Br4NO5/c12-5-3-4(6(13)8(15)7(5)14)10(19)16(9(3)18)2(1-17)11(20)21/h2,17H,1H2,(H,20,21). The zero-order valence-electron chi connectivity index (χ0n) is 9.86. The number of rotatable bonds is 3. The molecule has 2 rings (SSSR count). The molecule has 0 spiro atoms. The summed E-state index contributed by atoms with van der Waals surface area (Å²) in [4.78, 5) is 36.4. The van der Waals surface area contributed by atoms with Crippen LogP contribution in [0, 0.1) is 0 Å². The summed E-state index contributed by atoms with van der Waals surface area (Å²) in [5, 5.41) is 18.2. The monoisotopic (exact) mass is 547 g/mol. The third kappa shape index (κ3) is 2.50. The van der Waals surface area contributed by atoms with E-state index < -0.39 is 30.4 Å². The molecule has 1 aromatic rings. The van der Waals surface area contributed by atoms with Crippen LogP contribution < -0.4 is 0 Å². The highest BCUT2D eigenvalue weighted by Crippen LogP contribution is 2.45. The summed E-state index contributed by atoms with van der Waals surface area (Å²) in [7, 11) is 0. The van der Waals surface area contributed by atoms with E-state index in [9.17, 15) is 14.4 Å². The topological polar surface area (TPSA) is 94.9 Å². The lowest BCUT2D eigenvalue weighted by Crippen LogP contribution is -2.47. The fraction of sp³-hybridized carbons (Fsp3) is 0.182. The first kappa shape index (κ1) is 17.1. The maximum absolute atomic E-state index is 12.4. The first-order chi connectivity index (χ1) is 9.73. The number of fused-ring (bicyclic) bond motifs is 1. The summed E-state index contributed by atoms with van der Waals surface area (Å²) in [5.41, 5.74) is 0.0864. The molecule has 112 valence electrons. The Balaban J connectivity index is 2.71. The number of aliphatic hydroxyl groups is 1. The van der Waals surface area contributed by atoms with E-state index in [1.165, 1.54) is 0 Å². The van der Waals surface area contributed by atoms with Gasteiger partial charge in [-0.2, -0.15) is 0 Å². The van der Waals surface area contributed by atoms with Crippen LogP contribution in [0.15, 0.2) is 17.9 Å². The van der Waals surface area contributed by atoms with E-state index >= 15 is 0 Å². The molecule has 1 aliphatic rings. The van der Waals surface area contributed by atoms with Crippen molar-refractivity contribution in [3.05, 3.63) is 29.0 Å². The second-order valence-corrected chi connectivity index (χ2v) is 7.19. The summed E-state index contributed by atoms with van der Waals surface area (Å²) in [5.74, 6) is -3.02. The predicted molar refractivity (Wildman–Crippen MR) is 86.3 cm³/mol. The van der Waals surface area contributed by atoms with Gasteiger partial charge in [-0.25, -0.2) is 4.79 Å². The van der Waals surface area contributed by atoms with Gasteiger partial charge < -0.3 is 10.2 Å². The summed E-state index contributed by atoms with van der Waals surface area (Å²) < 4.78 is 1.67. The number of halogens is 4. The molecule has 1 unspecified atom stereocenters. The van der Waals surface area contributed by atoms with E-state index in [4.69, 9.17) is 10.2 Å². The van der Waals surface area contributed by atoms with Crippen LogP contribution >= 0.6 is 63.7 Å². The molecule has 1 atom stereocenters. The number of carbonyl (C=O) groups is 3. The highest BCUT2D eigenvalue weighted by molar-refractivity contribution is 9.15. The second kappa shape index (κ2) is 6.07. The number of carbonyl (C=O) groups excluding carboxylic acids is 2. The third-order valence-corrected chi connectivity index (χ3v) is 7.67. The number of carboxylic acid groups (broad SMARTS) is 1. The molecular formula is C11H5Br4NO5. The van der Waals surface area contributed by atoms with Gasteiger partial charge in [-0.15, -0.1) is 0 Å². The normalized spacial score (nSPS) is 15.4. The molecule has 2 N–H and O–H groups in total. The van der Waals surface area contributed by atoms with Crippen LogP contribution in [0.3, 0.4) is 0 Å². The summed E-state index contributed by atoms with van der Waals surface area (Å²) in [6.45, 7) is -0.863. The van der Waals surface area contributed by atoms with Gasteiger partial charge in [0.2, 0.25) is 0 Å². The summed E-state index contributed by atoms with van der Waals surface area (Å²) in [6.07, 6.45) is 0. The van der Waals surface area contributed by atoms with Gasteiger partial charge in [-0.1, -0.05) is 0 Å². The van der Waals surface area contributed by atoms with Crippen LogP contribution in [0.1, 0.15) is 20.7 Å². The third-order valence-electron chi connectivity index (χ3n) is 2.90. The van der Waals surface area contributed by atoms with Crippen molar-refractivity contribution in [2.45, 2.75) is 6.04 Å². The molecule has 21 heavy (non-hydrogen) atoms. The number of hydrogen-bond donors (Lipinski definition) is 2. The molecular weight excluding hydrogens is 546 g/mol. The molecule has 0 bridgehead atoms. The Morgan fingerprint density at radius 2 is 1.33 bits per heavy atom. The van der Waals surface area contributed by atoms with E-state index in [1.807, 2.05) is 0 Å². The molecule has 0 saturated carbocycles. The molecule has 0 radical (unpaired) electrons. The number of amides is 2. The Labute approximate surface area is 152 Å². The predicted octanol–water partition coefficient (Wildman–Crippen LogP) is 2.78. The maximum Gasteiger partial charge on any atom is 0.329 e. The van der Waals surface area contributed by atoms with Crippen molar-refractivity contribution >= 4 is 81.5 Å². The fourth-order valence-electron chi connectivity index (χ4n) is 1.92. The minimum absolute atomic E-state index is 0.0432. The van der Waals surface area contributed by atoms with Crippen molar-refractivity contribution in [2.75, 3.05) is 6.61 Å². The molecule has 0 fully saturated rings. The van der Waals surface area contributed by atoms with Crippen LogP contribution in [0.4, 0.5) is 0 Å². The van der Waals surface area contributed by atoms with Crippen molar-refractivity contribution in [3.8, 4) is 0 Å². The molecule has 1 aliphatic heterocycles. The molecule has 1 aromatic carbocycles. The smallest absolute Gasteiger partial charge is 0.329 e. The number of nitrogens with zero attached hydrogens (tertiary/aromatic N) is 1. The van der Waals surface area contributed by atoms with Crippen LogP contribution in [0.2, 0.25) is 0 Å². The molecule has 0 aromatic heterocycles. The Morgan fingerprint density at radius 3 is 1.62 bits per heavy atom. The van der Waals surface area contributed by atoms with Crippen molar-refractivity contribution < 1.29 is 24.6 Å². The number of hydrogen-bond acceptors (Lipinski definition) is 4. The highest BCUT2D eigenvalue weighted by atomic mass is 79.9. The van der Waals surface area contributed by atoms with E-state index in [0.717, 1.165) is 0 Å². The Kier molecular flexibility index (Phi) is 4.94. The van der Waals surface area contributed by atoms with E-state index in [2.05, 4.69) is 63.7 Å². The SMILES string of the molecule is O=C(O)C(CO)N1C(=O)c2c(Br)c(Br)c(Br)c(Br)c2C1=O. The summed E-state index contributed by atoms with van der Waals surface area (Å²) in [6, 6.07) is -1.63. The average Bonchev–Trinajstić information content (AvgIpc) is 2.68. The maximum atomic E-state index is 12.4. The molecule has 6 nitrogen and oxygen atoms in total. The number of imide groups is 1. The van der Waals surface area contributed by atoms with Gasteiger partial charge in [-0.05, 0) is 63.7 Å². The zero-order valence-corrected chi connectivity index (χ0v) is 16.2. The molecule has 0 saturated heterocycles. The Hall–Kier alpha value is -0.290. The van der Waals surface area contributed by atoms with Crippen LogP contribution in [0.25, 0.3) is 0 Å². The Bertz CT molecular complexity index is 643. The van der Waals surface area contributed by atoms with Gasteiger partial charge in [0.1, 0.15) is 0 Å². The molecule has 10 heteroatoms. The van der Waals surface area contributed by atoms with E-state index in [0.29, 0.717) is 22.8 Å². The molecule has 2 amide bonds. The summed E-state index contributed by atoms with van der Waals surface area (Å²) >= 11 is 12.9. The number of aliphatic carboxylic acids is 1. The van der Waals surface area contributed by atoms with Gasteiger partial charge >= 0.3 is 5.97 Å². The fourth-order valence-corrected chi connectivity index (χ4v) is 4.38. The number of benzene rings is 1.